The largest absolute Gasteiger partial charge is 0.492 e. The van der Waals surface area contributed by atoms with Gasteiger partial charge in [-0.05, 0) is 43.2 Å². The molecule has 0 atom stereocenters. The third-order valence-electron chi connectivity index (χ3n) is 5.51. The van der Waals surface area contributed by atoms with Crippen molar-refractivity contribution in [3.8, 4) is 23.1 Å². The van der Waals surface area contributed by atoms with E-state index in [1.165, 1.54) is 4.57 Å². The molecule has 1 aromatic carbocycles. The highest BCUT2D eigenvalue weighted by atomic mass is 16.5. The van der Waals surface area contributed by atoms with Crippen molar-refractivity contribution in [1.29, 1.82) is 0 Å². The van der Waals surface area contributed by atoms with Gasteiger partial charge in [-0.1, -0.05) is 6.07 Å². The number of aromatic nitrogens is 4. The number of pyridine rings is 2. The second-order valence-corrected chi connectivity index (χ2v) is 7.30. The van der Waals surface area contributed by atoms with Crippen LogP contribution < -0.4 is 15.2 Å². The number of nitrogens with one attached hydrogen (secondary N) is 1. The topological polar surface area (TPSA) is 82.0 Å². The summed E-state index contributed by atoms with van der Waals surface area (Å²) in [5.41, 5.74) is 2.90. The van der Waals surface area contributed by atoms with E-state index in [1.54, 1.807) is 30.6 Å². The van der Waals surface area contributed by atoms with Crippen molar-refractivity contribution in [2.75, 3.05) is 6.61 Å². The van der Waals surface area contributed by atoms with E-state index in [-0.39, 0.29) is 11.1 Å². The van der Waals surface area contributed by atoms with Crippen LogP contribution in [0.2, 0.25) is 0 Å². The normalized spacial score (nSPS) is 16.1. The quantitative estimate of drug-likeness (QED) is 0.597. The first-order valence-corrected chi connectivity index (χ1v) is 9.20. The van der Waals surface area contributed by atoms with Crippen molar-refractivity contribution in [3.05, 3.63) is 70.9 Å². The number of benzene rings is 1. The van der Waals surface area contributed by atoms with Crippen molar-refractivity contribution in [2.45, 2.75) is 18.3 Å². The van der Waals surface area contributed by atoms with Gasteiger partial charge in [0.2, 0.25) is 5.88 Å². The molecule has 1 saturated carbocycles. The molecule has 0 radical (unpaired) electrons. The predicted octanol–water partition coefficient (Wildman–Crippen LogP) is 3.33. The molecule has 3 aromatic heterocycles. The predicted molar refractivity (Wildman–Crippen MR) is 102 cm³/mol. The van der Waals surface area contributed by atoms with Gasteiger partial charge in [0.25, 0.3) is 0 Å². The highest BCUT2D eigenvalue weighted by Crippen LogP contribution is 2.58. The van der Waals surface area contributed by atoms with Gasteiger partial charge in [-0.2, -0.15) is 0 Å². The van der Waals surface area contributed by atoms with Gasteiger partial charge < -0.3 is 14.5 Å². The maximum absolute atomic E-state index is 12.3. The van der Waals surface area contributed by atoms with Crippen LogP contribution in [-0.4, -0.2) is 26.1 Å². The zero-order valence-electron chi connectivity index (χ0n) is 14.9. The lowest BCUT2D eigenvalue weighted by atomic mass is 9.97. The lowest BCUT2D eigenvalue weighted by molar-refractivity contribution is 0.323. The molecule has 4 aromatic rings. The molecule has 2 aliphatic rings. The van der Waals surface area contributed by atoms with Crippen LogP contribution in [-0.2, 0) is 5.41 Å². The van der Waals surface area contributed by atoms with Crippen molar-refractivity contribution in [2.24, 2.45) is 0 Å². The molecule has 1 fully saturated rings. The molecule has 0 bridgehead atoms. The van der Waals surface area contributed by atoms with Crippen molar-refractivity contribution < 1.29 is 9.47 Å². The van der Waals surface area contributed by atoms with E-state index in [4.69, 9.17) is 9.47 Å². The first-order valence-electron chi connectivity index (χ1n) is 9.20. The van der Waals surface area contributed by atoms with E-state index in [1.807, 2.05) is 24.3 Å². The average molecular weight is 372 g/mol. The zero-order valence-corrected chi connectivity index (χ0v) is 14.9. The van der Waals surface area contributed by atoms with Gasteiger partial charge in [0, 0.05) is 23.2 Å². The average Bonchev–Trinajstić information content (AvgIpc) is 3.28. The molecule has 4 heterocycles. The molecule has 0 amide bonds. The summed E-state index contributed by atoms with van der Waals surface area (Å²) in [4.78, 5) is 23.8. The van der Waals surface area contributed by atoms with Crippen LogP contribution in [0.1, 0.15) is 18.4 Å². The maximum Gasteiger partial charge on any atom is 0.332 e. The fourth-order valence-corrected chi connectivity index (χ4v) is 3.93. The molecule has 0 unspecified atom stereocenters. The summed E-state index contributed by atoms with van der Waals surface area (Å²) in [5, 5.41) is 0. The van der Waals surface area contributed by atoms with Gasteiger partial charge in [0.1, 0.15) is 11.5 Å². The number of fused-ring (bicyclic) bond motifs is 3. The summed E-state index contributed by atoms with van der Waals surface area (Å²) in [6.07, 6.45) is 5.53. The molecule has 1 N–H and O–H groups in total. The minimum absolute atomic E-state index is 0.120. The number of imidazole rings is 1. The molecule has 6 rings (SSSR count). The molecule has 138 valence electrons. The molecular weight excluding hydrogens is 356 g/mol. The van der Waals surface area contributed by atoms with E-state index in [0.29, 0.717) is 22.7 Å². The molecule has 7 heteroatoms. The Hall–Kier alpha value is -3.61. The minimum atomic E-state index is -0.252. The highest BCUT2D eigenvalue weighted by Gasteiger charge is 2.52. The van der Waals surface area contributed by atoms with Crippen LogP contribution in [0.3, 0.4) is 0 Å². The Morgan fingerprint density at radius 1 is 1.11 bits per heavy atom. The first kappa shape index (κ1) is 15.4. The number of H-pyrrole nitrogens is 1. The van der Waals surface area contributed by atoms with Crippen LogP contribution in [0.25, 0.3) is 16.9 Å². The monoisotopic (exact) mass is 372 g/mol. The number of ether oxygens (including phenoxy) is 2. The Labute approximate surface area is 159 Å². The van der Waals surface area contributed by atoms with Crippen molar-refractivity contribution in [1.82, 2.24) is 19.5 Å². The van der Waals surface area contributed by atoms with Crippen molar-refractivity contribution in [3.63, 3.8) is 0 Å². The molecule has 7 nitrogen and oxygen atoms in total. The van der Waals surface area contributed by atoms with E-state index < -0.39 is 0 Å². The number of nitrogens with zero attached hydrogens (tertiary/aromatic N) is 3. The Morgan fingerprint density at radius 2 is 2.04 bits per heavy atom. The molecule has 1 aliphatic heterocycles. The third-order valence-corrected chi connectivity index (χ3v) is 5.51. The molecule has 1 spiro atoms. The van der Waals surface area contributed by atoms with Crippen LogP contribution >= 0.6 is 0 Å². The lowest BCUT2D eigenvalue weighted by Gasteiger charge is -2.12. The van der Waals surface area contributed by atoms with Crippen LogP contribution in [0.4, 0.5) is 0 Å². The number of hydrogen-bond acceptors (Lipinski definition) is 5. The maximum atomic E-state index is 12.3. The van der Waals surface area contributed by atoms with Crippen LogP contribution in [0.15, 0.2) is 59.7 Å². The van der Waals surface area contributed by atoms with E-state index >= 15 is 0 Å². The molecule has 0 saturated heterocycles. The highest BCUT2D eigenvalue weighted by molar-refractivity contribution is 5.72. The lowest BCUT2D eigenvalue weighted by Crippen LogP contribution is -2.15. The van der Waals surface area contributed by atoms with E-state index in [0.717, 1.165) is 36.5 Å². The van der Waals surface area contributed by atoms with Gasteiger partial charge in [-0.15, -0.1) is 0 Å². The first-order chi connectivity index (χ1) is 13.7. The molecule has 28 heavy (non-hydrogen) atoms. The fraction of sp³-hybridized carbons (Fsp3) is 0.190. The minimum Gasteiger partial charge on any atom is -0.492 e. The van der Waals surface area contributed by atoms with Crippen molar-refractivity contribution >= 4 is 11.2 Å². The Morgan fingerprint density at radius 3 is 2.86 bits per heavy atom. The van der Waals surface area contributed by atoms with Gasteiger partial charge in [0.05, 0.1) is 24.0 Å². The smallest absolute Gasteiger partial charge is 0.332 e. The summed E-state index contributed by atoms with van der Waals surface area (Å²) >= 11 is 0. The fourth-order valence-electron chi connectivity index (χ4n) is 3.93. The summed E-state index contributed by atoms with van der Waals surface area (Å²) in [5.74, 6) is 2.17. The van der Waals surface area contributed by atoms with E-state index in [9.17, 15) is 4.79 Å². The van der Waals surface area contributed by atoms with Gasteiger partial charge in [-0.3, -0.25) is 0 Å². The summed E-state index contributed by atoms with van der Waals surface area (Å²) in [6.45, 7) is 0.728. The van der Waals surface area contributed by atoms with Crippen LogP contribution in [0, 0.1) is 0 Å². The van der Waals surface area contributed by atoms with E-state index in [2.05, 4.69) is 15.0 Å². The second kappa shape index (κ2) is 5.45. The Balaban J connectivity index is 1.36. The van der Waals surface area contributed by atoms with Gasteiger partial charge >= 0.3 is 5.69 Å². The van der Waals surface area contributed by atoms with Crippen LogP contribution in [0.5, 0.6) is 17.4 Å². The number of aromatic amines is 1. The SMILES string of the molecule is O=c1[nH]c2cccnc2n1-c1ccc(Oc2cccc3c2C2(CC2)CO3)nc1. The summed E-state index contributed by atoms with van der Waals surface area (Å²) in [7, 11) is 0. The second-order valence-electron chi connectivity index (χ2n) is 7.30. The molecule has 1 aliphatic carbocycles. The Bertz CT molecular complexity index is 1270. The third kappa shape index (κ3) is 2.19. The summed E-state index contributed by atoms with van der Waals surface area (Å²) in [6, 6.07) is 13.0. The zero-order chi connectivity index (χ0) is 18.7. The summed E-state index contributed by atoms with van der Waals surface area (Å²) < 4.78 is 13.4. The standard InChI is InChI=1S/C21H16N4O3/c26-20-24-14-3-2-10-22-19(14)25(20)13-6-7-17(23-11-13)28-16-5-1-4-15-18(16)21(8-9-21)12-27-15/h1-7,10-11H,8-9,12H2,(H,24,26). The van der Waals surface area contributed by atoms with Gasteiger partial charge in [-0.25, -0.2) is 19.3 Å². The Kier molecular flexibility index (Phi) is 3.01. The number of hydrogen-bond donors (Lipinski definition) is 1. The molecular formula is C21H16N4O3. The number of rotatable bonds is 3. The van der Waals surface area contributed by atoms with Gasteiger partial charge in [0.15, 0.2) is 5.65 Å².